The third kappa shape index (κ3) is 3.30. The van der Waals surface area contributed by atoms with Gasteiger partial charge in [0.05, 0.1) is 16.8 Å². The summed E-state index contributed by atoms with van der Waals surface area (Å²) in [6.07, 6.45) is 0. The highest BCUT2D eigenvalue weighted by Gasteiger charge is 2.23. The maximum Gasteiger partial charge on any atom is 0.255 e. The summed E-state index contributed by atoms with van der Waals surface area (Å²) in [4.78, 5) is 25.2. The lowest BCUT2D eigenvalue weighted by Gasteiger charge is -2.20. The highest BCUT2D eigenvalue weighted by atomic mass is 16.2. The summed E-state index contributed by atoms with van der Waals surface area (Å²) >= 11 is 0. The number of nitrogens with one attached hydrogen (secondary N) is 1. The number of para-hydroxylation sites is 1. The molecule has 3 N–H and O–H groups in total. The molecule has 1 rings (SSSR count). The van der Waals surface area contributed by atoms with Crippen LogP contribution in [0.25, 0.3) is 0 Å². The summed E-state index contributed by atoms with van der Waals surface area (Å²) in [5.74, 6) is -0.498. The first-order valence-corrected chi connectivity index (χ1v) is 5.64. The predicted molar refractivity (Wildman–Crippen MR) is 71.4 cm³/mol. The average Bonchev–Trinajstić information content (AvgIpc) is 2.27. The zero-order chi connectivity index (χ0) is 13.9. The molecule has 0 heterocycles. The van der Waals surface area contributed by atoms with Crippen LogP contribution in [-0.2, 0) is 4.79 Å². The van der Waals surface area contributed by atoms with Gasteiger partial charge in [-0.25, -0.2) is 0 Å². The average molecular weight is 249 g/mol. The molecular weight excluding hydrogens is 230 g/mol. The van der Waals surface area contributed by atoms with E-state index in [1.807, 2.05) is 0 Å². The number of carbonyl (C=O) groups is 2. The minimum absolute atomic E-state index is 0.166. The monoisotopic (exact) mass is 249 g/mol. The normalized spacial score (nSPS) is 10.9. The van der Waals surface area contributed by atoms with Crippen molar-refractivity contribution in [2.75, 3.05) is 19.4 Å². The Hall–Kier alpha value is -1.88. The smallest absolute Gasteiger partial charge is 0.255 e. The van der Waals surface area contributed by atoms with Crippen molar-refractivity contribution in [1.29, 1.82) is 0 Å². The van der Waals surface area contributed by atoms with Gasteiger partial charge in [-0.15, -0.1) is 0 Å². The van der Waals surface area contributed by atoms with Gasteiger partial charge in [-0.1, -0.05) is 12.1 Å². The fourth-order valence-electron chi connectivity index (χ4n) is 1.30. The minimum atomic E-state index is -0.992. The van der Waals surface area contributed by atoms with Crippen LogP contribution < -0.4 is 11.1 Å². The molecule has 2 amide bonds. The van der Waals surface area contributed by atoms with Crippen molar-refractivity contribution in [3.8, 4) is 0 Å². The number of rotatable bonds is 3. The molecule has 0 unspecified atom stereocenters. The van der Waals surface area contributed by atoms with Crippen LogP contribution in [0.4, 0.5) is 5.69 Å². The summed E-state index contributed by atoms with van der Waals surface area (Å²) in [5, 5.41) is 2.67. The van der Waals surface area contributed by atoms with Crippen molar-refractivity contribution in [2.45, 2.75) is 19.4 Å². The van der Waals surface area contributed by atoms with E-state index < -0.39 is 5.54 Å². The molecule has 0 aliphatic carbocycles. The summed E-state index contributed by atoms with van der Waals surface area (Å²) in [5.41, 5.74) is 5.63. The van der Waals surface area contributed by atoms with E-state index in [4.69, 9.17) is 5.73 Å². The molecule has 1 aromatic rings. The molecule has 18 heavy (non-hydrogen) atoms. The van der Waals surface area contributed by atoms with Crippen LogP contribution >= 0.6 is 0 Å². The Balaban J connectivity index is 3.04. The van der Waals surface area contributed by atoms with Gasteiger partial charge in [0.25, 0.3) is 5.91 Å². The molecule has 0 aliphatic heterocycles. The molecule has 0 atom stereocenters. The van der Waals surface area contributed by atoms with Gasteiger partial charge in [0.15, 0.2) is 0 Å². The molecule has 0 aromatic heterocycles. The first-order chi connectivity index (χ1) is 8.23. The number of hydrogen-bond donors (Lipinski definition) is 2. The van der Waals surface area contributed by atoms with E-state index in [2.05, 4.69) is 5.32 Å². The Bertz CT molecular complexity index is 462. The molecule has 98 valence electrons. The van der Waals surface area contributed by atoms with E-state index in [0.29, 0.717) is 11.3 Å². The van der Waals surface area contributed by atoms with Gasteiger partial charge >= 0.3 is 0 Å². The van der Waals surface area contributed by atoms with Crippen molar-refractivity contribution in [3.05, 3.63) is 29.8 Å². The fourth-order valence-corrected chi connectivity index (χ4v) is 1.30. The fraction of sp³-hybridized carbons (Fsp3) is 0.385. The van der Waals surface area contributed by atoms with Gasteiger partial charge in [-0.05, 0) is 26.0 Å². The van der Waals surface area contributed by atoms with Crippen molar-refractivity contribution in [3.63, 3.8) is 0 Å². The van der Waals surface area contributed by atoms with Crippen LogP contribution in [0.2, 0.25) is 0 Å². The highest BCUT2D eigenvalue weighted by molar-refractivity contribution is 6.05. The number of carbonyl (C=O) groups excluding carboxylic acids is 2. The van der Waals surface area contributed by atoms with Crippen LogP contribution in [0, 0.1) is 0 Å². The highest BCUT2D eigenvalue weighted by Crippen LogP contribution is 2.17. The molecule has 1 aromatic carbocycles. The Kier molecular flexibility index (Phi) is 4.08. The first-order valence-electron chi connectivity index (χ1n) is 5.64. The molecule has 0 radical (unpaired) electrons. The number of anilines is 1. The van der Waals surface area contributed by atoms with Crippen LogP contribution in [0.3, 0.4) is 0 Å². The summed E-state index contributed by atoms with van der Waals surface area (Å²) in [7, 11) is 3.32. The Morgan fingerprint density at radius 1 is 1.22 bits per heavy atom. The van der Waals surface area contributed by atoms with Crippen molar-refractivity contribution in [2.24, 2.45) is 5.73 Å². The molecular formula is C13H19N3O2. The zero-order valence-electron chi connectivity index (χ0n) is 11.2. The number of nitrogens with zero attached hydrogens (tertiary/aromatic N) is 1. The maximum absolute atomic E-state index is 11.9. The molecule has 0 saturated carbocycles. The Morgan fingerprint density at radius 2 is 1.78 bits per heavy atom. The lowest BCUT2D eigenvalue weighted by atomic mass is 10.1. The molecule has 0 bridgehead atoms. The second-order valence-corrected chi connectivity index (χ2v) is 4.92. The van der Waals surface area contributed by atoms with Crippen molar-refractivity contribution < 1.29 is 9.59 Å². The van der Waals surface area contributed by atoms with E-state index in [-0.39, 0.29) is 11.8 Å². The Morgan fingerprint density at radius 3 is 2.28 bits per heavy atom. The van der Waals surface area contributed by atoms with Crippen LogP contribution in [0.1, 0.15) is 24.2 Å². The quantitative estimate of drug-likeness (QED) is 0.841. The van der Waals surface area contributed by atoms with E-state index in [9.17, 15) is 9.59 Å². The lowest BCUT2D eigenvalue weighted by Crippen LogP contribution is -2.45. The van der Waals surface area contributed by atoms with Gasteiger partial charge in [0, 0.05) is 14.1 Å². The van der Waals surface area contributed by atoms with Gasteiger partial charge in [0.1, 0.15) is 0 Å². The lowest BCUT2D eigenvalue weighted by molar-refractivity contribution is -0.120. The van der Waals surface area contributed by atoms with E-state index in [1.165, 1.54) is 4.90 Å². The number of hydrogen-bond acceptors (Lipinski definition) is 3. The third-order valence-electron chi connectivity index (χ3n) is 2.40. The van der Waals surface area contributed by atoms with Crippen molar-refractivity contribution >= 4 is 17.5 Å². The molecule has 0 aliphatic rings. The molecule has 0 spiro atoms. The molecule has 5 nitrogen and oxygen atoms in total. The van der Waals surface area contributed by atoms with E-state index in [1.54, 1.807) is 52.2 Å². The molecule has 0 saturated heterocycles. The third-order valence-corrected chi connectivity index (χ3v) is 2.40. The number of nitrogens with two attached hydrogens (primary N) is 1. The van der Waals surface area contributed by atoms with Gasteiger partial charge in [-0.3, -0.25) is 9.59 Å². The summed E-state index contributed by atoms with van der Waals surface area (Å²) in [6.45, 7) is 3.22. The second-order valence-electron chi connectivity index (χ2n) is 4.92. The summed E-state index contributed by atoms with van der Waals surface area (Å²) < 4.78 is 0. The first kappa shape index (κ1) is 14.2. The van der Waals surface area contributed by atoms with Crippen LogP contribution in [0.15, 0.2) is 24.3 Å². The minimum Gasteiger partial charge on any atom is -0.345 e. The maximum atomic E-state index is 11.9. The van der Waals surface area contributed by atoms with Crippen molar-refractivity contribution in [1.82, 2.24) is 4.90 Å². The van der Waals surface area contributed by atoms with E-state index in [0.717, 1.165) is 0 Å². The topological polar surface area (TPSA) is 75.4 Å². The van der Waals surface area contributed by atoms with Crippen LogP contribution in [-0.4, -0.2) is 36.3 Å². The van der Waals surface area contributed by atoms with Gasteiger partial charge in [-0.2, -0.15) is 0 Å². The Labute approximate surface area is 107 Å². The number of benzene rings is 1. The molecule has 0 fully saturated rings. The largest absolute Gasteiger partial charge is 0.345 e. The van der Waals surface area contributed by atoms with Gasteiger partial charge in [0.2, 0.25) is 5.91 Å². The van der Waals surface area contributed by atoms with Gasteiger partial charge < -0.3 is 16.0 Å². The number of amides is 2. The standard InChI is InChI=1S/C13H19N3O2/c1-13(2,14)12(18)15-10-8-6-5-7-9(10)11(17)16(3)4/h5-8H,14H2,1-4H3,(H,15,18). The zero-order valence-corrected chi connectivity index (χ0v) is 11.2. The SMILES string of the molecule is CN(C)C(=O)c1ccccc1NC(=O)C(C)(C)N. The predicted octanol–water partition coefficient (Wildman–Crippen LogP) is 1.06. The van der Waals surface area contributed by atoms with E-state index >= 15 is 0 Å². The second kappa shape index (κ2) is 5.18. The van der Waals surface area contributed by atoms with Crippen LogP contribution in [0.5, 0.6) is 0 Å². The molecule has 5 heteroatoms. The summed E-state index contributed by atoms with van der Waals surface area (Å²) in [6, 6.07) is 6.85.